The Morgan fingerprint density at radius 3 is 2.44 bits per heavy atom. The molecule has 1 atom stereocenters. The molecule has 0 radical (unpaired) electrons. The van der Waals surface area contributed by atoms with Gasteiger partial charge in [-0.05, 0) is 55.2 Å². The quantitative estimate of drug-likeness (QED) is 0.314. The molecule has 1 N–H and O–H groups in total. The lowest BCUT2D eigenvalue weighted by Gasteiger charge is -2.24. The van der Waals surface area contributed by atoms with Crippen LogP contribution in [0, 0.1) is 5.92 Å². The van der Waals surface area contributed by atoms with E-state index in [0.29, 0.717) is 36.4 Å². The highest BCUT2D eigenvalue weighted by atomic mass is 35.5. The molecule has 0 spiro atoms. The van der Waals surface area contributed by atoms with E-state index in [1.807, 2.05) is 12.1 Å². The summed E-state index contributed by atoms with van der Waals surface area (Å²) in [7, 11) is 0. The number of hydrogen-bond donors (Lipinski definition) is 1. The van der Waals surface area contributed by atoms with Crippen molar-refractivity contribution in [3.05, 3.63) is 58.1 Å². The smallest absolute Gasteiger partial charge is 0.415 e. The van der Waals surface area contributed by atoms with Gasteiger partial charge in [0.1, 0.15) is 12.4 Å². The molecule has 196 valence electrons. The van der Waals surface area contributed by atoms with Crippen molar-refractivity contribution in [3.8, 4) is 11.5 Å². The number of halogens is 2. The molecule has 7 nitrogen and oxygen atoms in total. The number of amides is 1. The normalized spacial score (nSPS) is 14.4. The molecule has 3 rings (SSSR count). The molecule has 0 saturated heterocycles. The number of ether oxygens (including phenoxy) is 3. The average molecular weight is 538 g/mol. The fourth-order valence-corrected chi connectivity index (χ4v) is 4.72. The van der Waals surface area contributed by atoms with Crippen molar-refractivity contribution in [1.82, 2.24) is 4.90 Å². The summed E-state index contributed by atoms with van der Waals surface area (Å²) >= 11 is 12.1. The number of rotatable bonds is 13. The first-order chi connectivity index (χ1) is 17.4. The summed E-state index contributed by atoms with van der Waals surface area (Å²) in [6.45, 7) is 3.31. The molecule has 0 heterocycles. The van der Waals surface area contributed by atoms with Gasteiger partial charge in [0.25, 0.3) is 0 Å². The van der Waals surface area contributed by atoms with Crippen molar-refractivity contribution in [2.75, 3.05) is 26.3 Å². The minimum atomic E-state index is -0.985. The van der Waals surface area contributed by atoms with E-state index >= 15 is 0 Å². The standard InChI is InChI=1S/C27H33Cl2NO6/c1-2-34-25(26(31)32)17-20-7-10-22(11-8-20)35-16-15-30(14-13-19-5-3-4-6-19)27(33)36-24-12-9-21(28)18-23(24)29/h7-12,18-19,25H,2-6,13-17H2,1H3,(H,31,32). The van der Waals surface area contributed by atoms with Crippen LogP contribution in [0.3, 0.4) is 0 Å². The Morgan fingerprint density at radius 2 is 1.81 bits per heavy atom. The van der Waals surface area contributed by atoms with E-state index < -0.39 is 18.2 Å². The number of hydrogen-bond acceptors (Lipinski definition) is 5. The van der Waals surface area contributed by atoms with Gasteiger partial charge in [0.2, 0.25) is 0 Å². The number of carboxylic acid groups (broad SMARTS) is 1. The largest absolute Gasteiger partial charge is 0.492 e. The third-order valence-electron chi connectivity index (χ3n) is 6.25. The highest BCUT2D eigenvalue weighted by Gasteiger charge is 2.22. The number of carboxylic acids is 1. The second kappa shape index (κ2) is 14.3. The molecule has 2 aromatic rings. The maximum absolute atomic E-state index is 12.9. The van der Waals surface area contributed by atoms with Gasteiger partial charge in [-0.1, -0.05) is 61.0 Å². The fourth-order valence-electron chi connectivity index (χ4n) is 4.28. The van der Waals surface area contributed by atoms with Crippen LogP contribution in [0.1, 0.15) is 44.6 Å². The molecule has 9 heteroatoms. The van der Waals surface area contributed by atoms with Gasteiger partial charge >= 0.3 is 12.1 Å². The van der Waals surface area contributed by atoms with Crippen molar-refractivity contribution in [2.45, 2.75) is 51.6 Å². The summed E-state index contributed by atoms with van der Waals surface area (Å²) < 4.78 is 16.7. The van der Waals surface area contributed by atoms with Gasteiger partial charge in [0.05, 0.1) is 11.6 Å². The Kier molecular flexibility index (Phi) is 11.2. The number of nitrogens with zero attached hydrogens (tertiary/aromatic N) is 1. The minimum absolute atomic E-state index is 0.264. The lowest BCUT2D eigenvalue weighted by molar-refractivity contribution is -0.149. The minimum Gasteiger partial charge on any atom is -0.492 e. The first kappa shape index (κ1) is 28.1. The van der Waals surface area contributed by atoms with Gasteiger partial charge < -0.3 is 24.2 Å². The predicted molar refractivity (Wildman–Crippen MR) is 139 cm³/mol. The molecule has 1 unspecified atom stereocenters. The SMILES string of the molecule is CCOC(Cc1ccc(OCCN(CCC2CCCC2)C(=O)Oc2ccc(Cl)cc2Cl)cc1)C(=O)O. The van der Waals surface area contributed by atoms with Crippen LogP contribution < -0.4 is 9.47 Å². The summed E-state index contributed by atoms with van der Waals surface area (Å²) in [5.41, 5.74) is 0.838. The fraction of sp³-hybridized carbons (Fsp3) is 0.481. The maximum atomic E-state index is 12.9. The van der Waals surface area contributed by atoms with Gasteiger partial charge in [-0.15, -0.1) is 0 Å². The zero-order chi connectivity index (χ0) is 25.9. The Labute approximate surface area is 222 Å². The van der Waals surface area contributed by atoms with E-state index in [-0.39, 0.29) is 23.8 Å². The maximum Gasteiger partial charge on any atom is 0.415 e. The zero-order valence-electron chi connectivity index (χ0n) is 20.5. The van der Waals surface area contributed by atoms with E-state index in [0.717, 1.165) is 12.0 Å². The zero-order valence-corrected chi connectivity index (χ0v) is 22.0. The third-order valence-corrected chi connectivity index (χ3v) is 6.78. The molecule has 36 heavy (non-hydrogen) atoms. The van der Waals surface area contributed by atoms with Crippen molar-refractivity contribution in [1.29, 1.82) is 0 Å². The van der Waals surface area contributed by atoms with Crippen LogP contribution in [-0.2, 0) is 16.0 Å². The summed E-state index contributed by atoms with van der Waals surface area (Å²) in [4.78, 5) is 25.9. The molecule has 0 bridgehead atoms. The van der Waals surface area contributed by atoms with E-state index in [1.54, 1.807) is 36.1 Å². The Morgan fingerprint density at radius 1 is 1.08 bits per heavy atom. The summed E-state index contributed by atoms with van der Waals surface area (Å²) in [6.07, 6.45) is 4.71. The molecule has 0 aliphatic heterocycles. The lowest BCUT2D eigenvalue weighted by atomic mass is 10.0. The van der Waals surface area contributed by atoms with Crippen LogP contribution in [0.25, 0.3) is 0 Å². The molecule has 0 aromatic heterocycles. The molecule has 1 fully saturated rings. The Hall–Kier alpha value is -2.48. The number of carbonyl (C=O) groups excluding carboxylic acids is 1. The van der Waals surface area contributed by atoms with Gasteiger partial charge in [-0.25, -0.2) is 9.59 Å². The highest BCUT2D eigenvalue weighted by Crippen LogP contribution is 2.29. The van der Waals surface area contributed by atoms with Crippen molar-refractivity contribution >= 4 is 35.3 Å². The molecule has 1 amide bonds. The number of benzene rings is 2. The van der Waals surface area contributed by atoms with Crippen molar-refractivity contribution in [2.24, 2.45) is 5.92 Å². The van der Waals surface area contributed by atoms with Gasteiger partial charge in [0, 0.05) is 24.6 Å². The number of aliphatic carboxylic acids is 1. The molecule has 1 aliphatic rings. The first-order valence-corrected chi connectivity index (χ1v) is 13.1. The van der Waals surface area contributed by atoms with E-state index in [1.165, 1.54) is 31.7 Å². The summed E-state index contributed by atoms with van der Waals surface area (Å²) in [5, 5.41) is 10.0. The highest BCUT2D eigenvalue weighted by molar-refractivity contribution is 6.35. The Balaban J connectivity index is 1.55. The van der Waals surface area contributed by atoms with Crippen LogP contribution in [-0.4, -0.2) is 54.5 Å². The molecule has 1 aliphatic carbocycles. The van der Waals surface area contributed by atoms with Crippen LogP contribution in [0.2, 0.25) is 10.0 Å². The average Bonchev–Trinajstić information content (AvgIpc) is 3.37. The summed E-state index contributed by atoms with van der Waals surface area (Å²) in [6, 6.07) is 11.9. The van der Waals surface area contributed by atoms with Crippen molar-refractivity contribution < 1.29 is 28.9 Å². The Bertz CT molecular complexity index is 994. The predicted octanol–water partition coefficient (Wildman–Crippen LogP) is 6.49. The van der Waals surface area contributed by atoms with Crippen LogP contribution in [0.5, 0.6) is 11.5 Å². The second-order valence-corrected chi connectivity index (χ2v) is 9.69. The third kappa shape index (κ3) is 8.87. The monoisotopic (exact) mass is 537 g/mol. The lowest BCUT2D eigenvalue weighted by Crippen LogP contribution is -2.38. The molecule has 2 aromatic carbocycles. The van der Waals surface area contributed by atoms with Gasteiger partial charge in [0.15, 0.2) is 11.9 Å². The summed E-state index contributed by atoms with van der Waals surface area (Å²) in [5.74, 6) is 0.535. The second-order valence-electron chi connectivity index (χ2n) is 8.85. The molecular formula is C27H33Cl2NO6. The van der Waals surface area contributed by atoms with Crippen LogP contribution >= 0.6 is 23.2 Å². The van der Waals surface area contributed by atoms with E-state index in [4.69, 9.17) is 37.4 Å². The number of carbonyl (C=O) groups is 2. The topological polar surface area (TPSA) is 85.3 Å². The first-order valence-electron chi connectivity index (χ1n) is 12.3. The molecule has 1 saturated carbocycles. The van der Waals surface area contributed by atoms with E-state index in [9.17, 15) is 14.7 Å². The van der Waals surface area contributed by atoms with Gasteiger partial charge in [-0.3, -0.25) is 0 Å². The van der Waals surface area contributed by atoms with E-state index in [2.05, 4.69) is 0 Å². The van der Waals surface area contributed by atoms with Crippen molar-refractivity contribution in [3.63, 3.8) is 0 Å². The van der Waals surface area contributed by atoms with Crippen LogP contribution in [0.4, 0.5) is 4.79 Å². The van der Waals surface area contributed by atoms with Crippen LogP contribution in [0.15, 0.2) is 42.5 Å². The molecular weight excluding hydrogens is 505 g/mol. The van der Waals surface area contributed by atoms with Gasteiger partial charge in [-0.2, -0.15) is 0 Å².